The summed E-state index contributed by atoms with van der Waals surface area (Å²) < 4.78 is 40.1. The number of nitrogens with one attached hydrogen (secondary N) is 3. The van der Waals surface area contributed by atoms with Crippen LogP contribution in [0.4, 0.5) is 29.3 Å². The first-order valence-electron chi connectivity index (χ1n) is 10.0. The van der Waals surface area contributed by atoms with Crippen LogP contribution in [0.3, 0.4) is 0 Å². The summed E-state index contributed by atoms with van der Waals surface area (Å²) in [6.07, 6.45) is -4.62. The summed E-state index contributed by atoms with van der Waals surface area (Å²) in [6.45, 7) is 1.93. The van der Waals surface area contributed by atoms with Crippen LogP contribution in [0.1, 0.15) is 22.4 Å². The maximum Gasteiger partial charge on any atom is 0.416 e. The molecule has 3 N–H and O–H groups in total. The SMILES string of the molecule is Cc1ccc(NC(=O)Nc2ccc3c(Cc4ccccc4C(F)(F)F)n[nH]c(=O)c3c2)cc1. The molecule has 0 aliphatic heterocycles. The first-order valence-corrected chi connectivity index (χ1v) is 10.0. The van der Waals surface area contributed by atoms with Crippen LogP contribution < -0.4 is 16.2 Å². The van der Waals surface area contributed by atoms with Gasteiger partial charge in [-0.3, -0.25) is 4.79 Å². The van der Waals surface area contributed by atoms with E-state index in [-0.39, 0.29) is 23.1 Å². The number of alkyl halides is 3. The molecule has 1 aromatic heterocycles. The lowest BCUT2D eigenvalue weighted by Crippen LogP contribution is -2.20. The lowest BCUT2D eigenvalue weighted by molar-refractivity contribution is -0.138. The molecule has 0 aliphatic rings. The van der Waals surface area contributed by atoms with Crippen LogP contribution in [0.5, 0.6) is 0 Å². The predicted octanol–water partition coefficient (Wildman–Crippen LogP) is 5.49. The molecular formula is C24H19F3N4O2. The molecule has 0 saturated heterocycles. The molecule has 0 atom stereocenters. The van der Waals surface area contributed by atoms with Crippen LogP contribution in [0.2, 0.25) is 0 Å². The van der Waals surface area contributed by atoms with E-state index in [1.165, 1.54) is 24.3 Å². The van der Waals surface area contributed by atoms with Gasteiger partial charge in [0.15, 0.2) is 0 Å². The second-order valence-corrected chi connectivity index (χ2v) is 7.54. The number of halogens is 3. The van der Waals surface area contributed by atoms with Crippen molar-refractivity contribution in [2.24, 2.45) is 0 Å². The Morgan fingerprint density at radius 2 is 1.61 bits per heavy atom. The highest BCUT2D eigenvalue weighted by Crippen LogP contribution is 2.33. The van der Waals surface area contributed by atoms with Crippen LogP contribution in [0.15, 0.2) is 71.5 Å². The lowest BCUT2D eigenvalue weighted by Gasteiger charge is -2.13. The number of benzene rings is 3. The molecule has 4 rings (SSSR count). The van der Waals surface area contributed by atoms with Gasteiger partial charge in [-0.05, 0) is 42.8 Å². The van der Waals surface area contributed by atoms with Gasteiger partial charge >= 0.3 is 12.2 Å². The molecule has 33 heavy (non-hydrogen) atoms. The Morgan fingerprint density at radius 1 is 0.939 bits per heavy atom. The molecule has 1 heterocycles. The number of hydrogen-bond acceptors (Lipinski definition) is 3. The second-order valence-electron chi connectivity index (χ2n) is 7.54. The van der Waals surface area contributed by atoms with Crippen molar-refractivity contribution in [2.45, 2.75) is 19.5 Å². The van der Waals surface area contributed by atoms with E-state index < -0.39 is 23.3 Å². The summed E-state index contributed by atoms with van der Waals surface area (Å²) >= 11 is 0. The van der Waals surface area contributed by atoms with Gasteiger partial charge < -0.3 is 10.6 Å². The largest absolute Gasteiger partial charge is 0.416 e. The van der Waals surface area contributed by atoms with E-state index in [0.29, 0.717) is 16.8 Å². The zero-order valence-corrected chi connectivity index (χ0v) is 17.5. The minimum Gasteiger partial charge on any atom is -0.308 e. The van der Waals surface area contributed by atoms with Crippen molar-refractivity contribution in [3.05, 3.63) is 99.5 Å². The average Bonchev–Trinajstić information content (AvgIpc) is 2.77. The Morgan fingerprint density at radius 3 is 2.33 bits per heavy atom. The zero-order chi connectivity index (χ0) is 23.6. The number of H-pyrrole nitrogens is 1. The molecule has 0 bridgehead atoms. The Balaban J connectivity index is 1.61. The lowest BCUT2D eigenvalue weighted by atomic mass is 9.99. The number of carbonyl (C=O) groups is 1. The van der Waals surface area contributed by atoms with E-state index in [1.54, 1.807) is 24.3 Å². The number of aromatic amines is 1. The van der Waals surface area contributed by atoms with Crippen LogP contribution >= 0.6 is 0 Å². The fourth-order valence-electron chi connectivity index (χ4n) is 3.50. The number of carbonyl (C=O) groups excluding carboxylic acids is 1. The summed E-state index contributed by atoms with van der Waals surface area (Å²) in [5, 5.41) is 12.3. The number of amides is 2. The van der Waals surface area contributed by atoms with Crippen molar-refractivity contribution in [3.8, 4) is 0 Å². The highest BCUT2D eigenvalue weighted by Gasteiger charge is 2.33. The highest BCUT2D eigenvalue weighted by molar-refractivity contribution is 6.01. The van der Waals surface area contributed by atoms with Crippen molar-refractivity contribution in [3.63, 3.8) is 0 Å². The van der Waals surface area contributed by atoms with Crippen molar-refractivity contribution < 1.29 is 18.0 Å². The molecular weight excluding hydrogens is 433 g/mol. The predicted molar refractivity (Wildman–Crippen MR) is 120 cm³/mol. The topological polar surface area (TPSA) is 86.9 Å². The molecule has 0 spiro atoms. The van der Waals surface area contributed by atoms with Crippen molar-refractivity contribution >= 4 is 28.2 Å². The van der Waals surface area contributed by atoms with Gasteiger partial charge in [-0.1, -0.05) is 42.0 Å². The van der Waals surface area contributed by atoms with E-state index in [4.69, 9.17) is 0 Å². The Bertz CT molecular complexity index is 1380. The van der Waals surface area contributed by atoms with Crippen LogP contribution in [0, 0.1) is 6.92 Å². The molecule has 6 nitrogen and oxygen atoms in total. The monoisotopic (exact) mass is 452 g/mol. The average molecular weight is 452 g/mol. The van der Waals surface area contributed by atoms with E-state index in [1.807, 2.05) is 19.1 Å². The number of aryl methyl sites for hydroxylation is 1. The third kappa shape index (κ3) is 5.03. The minimum absolute atomic E-state index is 0.0468. The van der Waals surface area contributed by atoms with E-state index >= 15 is 0 Å². The fraction of sp³-hybridized carbons (Fsp3) is 0.125. The third-order valence-electron chi connectivity index (χ3n) is 5.12. The van der Waals surface area contributed by atoms with E-state index in [0.717, 1.165) is 11.6 Å². The van der Waals surface area contributed by atoms with Gasteiger partial charge in [0.2, 0.25) is 0 Å². The molecule has 3 aromatic carbocycles. The second kappa shape index (κ2) is 8.78. The Labute approximate surface area is 186 Å². The molecule has 0 fully saturated rings. The zero-order valence-electron chi connectivity index (χ0n) is 17.5. The van der Waals surface area contributed by atoms with E-state index in [9.17, 15) is 22.8 Å². The number of rotatable bonds is 4. The Kier molecular flexibility index (Phi) is 5.87. The van der Waals surface area contributed by atoms with Gasteiger partial charge in [0.05, 0.1) is 16.6 Å². The first kappa shape index (κ1) is 22.1. The summed E-state index contributed by atoms with van der Waals surface area (Å²) in [5.41, 5.74) is 1.08. The first-order chi connectivity index (χ1) is 15.7. The molecule has 2 amide bonds. The summed E-state index contributed by atoms with van der Waals surface area (Å²) in [5.74, 6) is 0. The molecule has 4 aromatic rings. The molecule has 168 valence electrons. The van der Waals surface area contributed by atoms with Crippen molar-refractivity contribution in [1.82, 2.24) is 10.2 Å². The van der Waals surface area contributed by atoms with Gasteiger partial charge in [0, 0.05) is 23.2 Å². The molecule has 0 unspecified atom stereocenters. The van der Waals surface area contributed by atoms with Gasteiger partial charge in [-0.25, -0.2) is 9.89 Å². The van der Waals surface area contributed by atoms with Crippen molar-refractivity contribution in [2.75, 3.05) is 10.6 Å². The van der Waals surface area contributed by atoms with Gasteiger partial charge in [0.25, 0.3) is 5.56 Å². The standard InChI is InChI=1S/C24H19F3N4O2/c1-14-6-8-16(9-7-14)28-23(33)29-17-10-11-18-19(13-17)22(32)31-30-21(18)12-15-4-2-3-5-20(15)24(25,26)27/h2-11,13H,12H2,1H3,(H,31,32)(H2,28,29,33). The smallest absolute Gasteiger partial charge is 0.308 e. The molecule has 0 radical (unpaired) electrons. The molecule has 0 saturated carbocycles. The quantitative estimate of drug-likeness (QED) is 0.383. The normalized spacial score (nSPS) is 11.4. The van der Waals surface area contributed by atoms with Crippen LogP contribution in [-0.2, 0) is 12.6 Å². The Hall–Kier alpha value is -4.14. The summed E-state index contributed by atoms with van der Waals surface area (Å²) in [6, 6.07) is 16.6. The van der Waals surface area contributed by atoms with Crippen LogP contribution in [-0.4, -0.2) is 16.2 Å². The number of fused-ring (bicyclic) bond motifs is 1. The number of urea groups is 1. The van der Waals surface area contributed by atoms with Gasteiger partial charge in [0.1, 0.15) is 0 Å². The minimum atomic E-state index is -4.50. The highest BCUT2D eigenvalue weighted by atomic mass is 19.4. The van der Waals surface area contributed by atoms with Gasteiger partial charge in [-0.2, -0.15) is 18.3 Å². The van der Waals surface area contributed by atoms with E-state index in [2.05, 4.69) is 20.8 Å². The number of anilines is 2. The summed E-state index contributed by atoms with van der Waals surface area (Å²) in [4.78, 5) is 24.6. The summed E-state index contributed by atoms with van der Waals surface area (Å²) in [7, 11) is 0. The maximum atomic E-state index is 13.4. The number of hydrogen-bond donors (Lipinski definition) is 3. The van der Waals surface area contributed by atoms with Crippen molar-refractivity contribution in [1.29, 1.82) is 0 Å². The maximum absolute atomic E-state index is 13.4. The number of aromatic nitrogens is 2. The fourth-order valence-corrected chi connectivity index (χ4v) is 3.50. The molecule has 0 aliphatic carbocycles. The molecule has 9 heteroatoms. The van der Waals surface area contributed by atoms with Crippen LogP contribution in [0.25, 0.3) is 10.8 Å². The number of nitrogens with zero attached hydrogens (tertiary/aromatic N) is 1. The van der Waals surface area contributed by atoms with Gasteiger partial charge in [-0.15, -0.1) is 0 Å². The third-order valence-corrected chi connectivity index (χ3v) is 5.12.